The highest BCUT2D eigenvalue weighted by Gasteiger charge is 2.49. The van der Waals surface area contributed by atoms with Crippen molar-refractivity contribution in [3.05, 3.63) is 72.6 Å². The van der Waals surface area contributed by atoms with Gasteiger partial charge in [0.15, 0.2) is 0 Å². The second-order valence-corrected chi connectivity index (χ2v) is 7.51. The molecule has 0 atom stereocenters. The van der Waals surface area contributed by atoms with Gasteiger partial charge in [0, 0.05) is 24.0 Å². The molecule has 2 amide bonds. The zero-order valence-electron chi connectivity index (χ0n) is 15.3. The first kappa shape index (κ1) is 16.7. The average Bonchev–Trinajstić information content (AvgIpc) is 3.30. The van der Waals surface area contributed by atoms with E-state index in [0.29, 0.717) is 18.1 Å². The first-order valence-corrected chi connectivity index (χ1v) is 9.44. The summed E-state index contributed by atoms with van der Waals surface area (Å²) in [5.74, 6) is 0.411. The maximum Gasteiger partial charge on any atom is 0.274 e. The molecular formula is C22H20N4O2. The lowest BCUT2D eigenvalue weighted by Gasteiger charge is -2.32. The summed E-state index contributed by atoms with van der Waals surface area (Å²) in [5, 5.41) is 3.01. The molecule has 1 aliphatic carbocycles. The Morgan fingerprint density at radius 3 is 2.36 bits per heavy atom. The van der Waals surface area contributed by atoms with Gasteiger partial charge in [-0.25, -0.2) is 4.98 Å². The summed E-state index contributed by atoms with van der Waals surface area (Å²) >= 11 is 0. The van der Waals surface area contributed by atoms with Gasteiger partial charge < -0.3 is 10.2 Å². The number of imidazole rings is 1. The average molecular weight is 372 g/mol. The van der Waals surface area contributed by atoms with Gasteiger partial charge in [-0.05, 0) is 25.0 Å². The smallest absolute Gasteiger partial charge is 0.274 e. The molecule has 5 rings (SSSR count). The fraction of sp³-hybridized carbons (Fsp3) is 0.227. The van der Waals surface area contributed by atoms with Gasteiger partial charge in [0.05, 0.1) is 12.1 Å². The van der Waals surface area contributed by atoms with E-state index in [1.807, 2.05) is 65.2 Å². The van der Waals surface area contributed by atoms with Crippen LogP contribution < -0.4 is 5.32 Å². The first-order chi connectivity index (χ1) is 13.6. The molecule has 1 aromatic heterocycles. The van der Waals surface area contributed by atoms with Crippen molar-refractivity contribution in [2.75, 3.05) is 13.1 Å². The molecule has 1 saturated heterocycles. The topological polar surface area (TPSA) is 67.2 Å². The van der Waals surface area contributed by atoms with Gasteiger partial charge in [-0.15, -0.1) is 0 Å². The van der Waals surface area contributed by atoms with Crippen LogP contribution in [0.25, 0.3) is 17.1 Å². The highest BCUT2D eigenvalue weighted by molar-refractivity contribution is 5.96. The van der Waals surface area contributed by atoms with Crippen molar-refractivity contribution in [1.82, 2.24) is 19.8 Å². The number of piperazine rings is 1. The highest BCUT2D eigenvalue weighted by Crippen LogP contribution is 2.38. The van der Waals surface area contributed by atoms with Crippen LogP contribution in [0, 0.1) is 0 Å². The van der Waals surface area contributed by atoms with Crippen LogP contribution in [0.5, 0.6) is 0 Å². The van der Waals surface area contributed by atoms with Crippen molar-refractivity contribution >= 4 is 11.8 Å². The Hall–Kier alpha value is -3.41. The van der Waals surface area contributed by atoms with Crippen LogP contribution in [0.2, 0.25) is 0 Å². The number of rotatable bonds is 3. The molecule has 2 heterocycles. The number of carbonyl (C=O) groups is 2. The number of hydrogen-bond acceptors (Lipinski definition) is 3. The minimum absolute atomic E-state index is 0.0828. The summed E-state index contributed by atoms with van der Waals surface area (Å²) in [5.41, 5.74) is 2.01. The van der Waals surface area contributed by atoms with Crippen LogP contribution in [0.15, 0.2) is 66.9 Å². The third-order valence-electron chi connectivity index (χ3n) is 5.36. The van der Waals surface area contributed by atoms with Crippen LogP contribution in [-0.4, -0.2) is 44.9 Å². The number of hydrogen-bond donors (Lipinski definition) is 1. The van der Waals surface area contributed by atoms with Crippen LogP contribution in [-0.2, 0) is 4.79 Å². The van der Waals surface area contributed by atoms with E-state index in [0.717, 1.165) is 24.1 Å². The summed E-state index contributed by atoms with van der Waals surface area (Å²) in [7, 11) is 0. The van der Waals surface area contributed by atoms with Crippen LogP contribution >= 0.6 is 0 Å². The monoisotopic (exact) mass is 372 g/mol. The van der Waals surface area contributed by atoms with Gasteiger partial charge >= 0.3 is 0 Å². The molecule has 28 heavy (non-hydrogen) atoms. The fourth-order valence-corrected chi connectivity index (χ4v) is 3.77. The van der Waals surface area contributed by atoms with E-state index in [-0.39, 0.29) is 23.9 Å². The molecule has 0 unspecified atom stereocenters. The second kappa shape index (κ2) is 6.34. The Balaban J connectivity index is 1.54. The summed E-state index contributed by atoms with van der Waals surface area (Å²) < 4.78 is 1.93. The van der Waals surface area contributed by atoms with Crippen molar-refractivity contribution in [2.45, 2.75) is 18.4 Å². The molecule has 3 aromatic rings. The van der Waals surface area contributed by atoms with Gasteiger partial charge in [-0.1, -0.05) is 48.5 Å². The van der Waals surface area contributed by atoms with Crippen LogP contribution in [0.4, 0.5) is 0 Å². The number of nitrogens with zero attached hydrogens (tertiary/aromatic N) is 3. The molecule has 2 fully saturated rings. The van der Waals surface area contributed by atoms with E-state index in [2.05, 4.69) is 10.3 Å². The number of carbonyl (C=O) groups excluding carboxylic acids is 2. The molecule has 2 aliphatic rings. The predicted octanol–water partition coefficient (Wildman–Crippen LogP) is 2.64. The van der Waals surface area contributed by atoms with Crippen molar-refractivity contribution in [3.8, 4) is 17.1 Å². The molecule has 0 radical (unpaired) electrons. The van der Waals surface area contributed by atoms with Gasteiger partial charge in [-0.2, -0.15) is 0 Å². The Morgan fingerprint density at radius 2 is 1.68 bits per heavy atom. The summed E-state index contributed by atoms with van der Waals surface area (Å²) in [4.78, 5) is 31.5. The van der Waals surface area contributed by atoms with Gasteiger partial charge in [0.1, 0.15) is 11.5 Å². The standard InChI is InChI=1S/C22H20N4O2/c27-19-14-25(15-22(24-19)11-12-22)21(28)18-13-26(17-9-5-2-6-10-17)20(23-18)16-7-3-1-4-8-16/h1-10,13H,11-12,14-15H2,(H,24,27). The van der Waals surface area contributed by atoms with Crippen molar-refractivity contribution in [1.29, 1.82) is 0 Å². The van der Waals surface area contributed by atoms with Crippen molar-refractivity contribution in [2.24, 2.45) is 0 Å². The lowest BCUT2D eigenvalue weighted by molar-refractivity contribution is -0.125. The molecule has 1 N–H and O–H groups in total. The Morgan fingerprint density at radius 1 is 1.00 bits per heavy atom. The molecule has 1 aliphatic heterocycles. The first-order valence-electron chi connectivity index (χ1n) is 9.44. The fourth-order valence-electron chi connectivity index (χ4n) is 3.77. The minimum Gasteiger partial charge on any atom is -0.347 e. The summed E-state index contributed by atoms with van der Waals surface area (Å²) in [6, 6.07) is 19.6. The number of nitrogens with one attached hydrogen (secondary N) is 1. The zero-order valence-corrected chi connectivity index (χ0v) is 15.3. The van der Waals surface area contributed by atoms with Gasteiger partial charge in [0.25, 0.3) is 5.91 Å². The largest absolute Gasteiger partial charge is 0.347 e. The molecule has 140 valence electrons. The summed E-state index contributed by atoms with van der Waals surface area (Å²) in [6.07, 6.45) is 3.62. The highest BCUT2D eigenvalue weighted by atomic mass is 16.2. The third kappa shape index (κ3) is 2.97. The lowest BCUT2D eigenvalue weighted by Crippen LogP contribution is -2.57. The minimum atomic E-state index is -0.213. The van der Waals surface area contributed by atoms with E-state index in [9.17, 15) is 9.59 Å². The van der Waals surface area contributed by atoms with E-state index in [1.165, 1.54) is 0 Å². The number of aromatic nitrogens is 2. The third-order valence-corrected chi connectivity index (χ3v) is 5.36. The summed E-state index contributed by atoms with van der Waals surface area (Å²) in [6.45, 7) is 0.635. The number of para-hydroxylation sites is 1. The Bertz CT molecular complexity index is 982. The molecule has 2 aromatic carbocycles. The van der Waals surface area contributed by atoms with Crippen molar-refractivity contribution < 1.29 is 9.59 Å². The lowest BCUT2D eigenvalue weighted by atomic mass is 10.1. The maximum absolute atomic E-state index is 13.2. The number of amides is 2. The molecular weight excluding hydrogens is 352 g/mol. The van der Waals surface area contributed by atoms with Crippen LogP contribution in [0.3, 0.4) is 0 Å². The van der Waals surface area contributed by atoms with Gasteiger partial charge in [0.2, 0.25) is 5.91 Å². The zero-order chi connectivity index (χ0) is 19.1. The Kier molecular flexibility index (Phi) is 3.79. The molecule has 0 bridgehead atoms. The van der Waals surface area contributed by atoms with Crippen LogP contribution in [0.1, 0.15) is 23.3 Å². The van der Waals surface area contributed by atoms with E-state index >= 15 is 0 Å². The molecule has 6 nitrogen and oxygen atoms in total. The van der Waals surface area contributed by atoms with E-state index < -0.39 is 0 Å². The molecule has 1 spiro atoms. The predicted molar refractivity (Wildman–Crippen MR) is 105 cm³/mol. The van der Waals surface area contributed by atoms with Crippen molar-refractivity contribution in [3.63, 3.8) is 0 Å². The maximum atomic E-state index is 13.2. The van der Waals surface area contributed by atoms with E-state index in [4.69, 9.17) is 0 Å². The normalized spacial score (nSPS) is 17.4. The SMILES string of the molecule is O=C1CN(C(=O)c2cn(-c3ccccc3)c(-c3ccccc3)n2)CC2(CC2)N1. The Labute approximate surface area is 162 Å². The molecule has 1 saturated carbocycles. The molecule has 6 heteroatoms. The van der Waals surface area contributed by atoms with E-state index in [1.54, 1.807) is 11.1 Å². The quantitative estimate of drug-likeness (QED) is 0.769. The van der Waals surface area contributed by atoms with Gasteiger partial charge in [-0.3, -0.25) is 14.2 Å². The number of benzene rings is 2. The second-order valence-electron chi connectivity index (χ2n) is 7.51.